The molecule has 1 aliphatic heterocycles. The molecule has 0 saturated carbocycles. The molecule has 3 atom stereocenters. The van der Waals surface area contributed by atoms with Crippen molar-refractivity contribution < 1.29 is 19.1 Å². The van der Waals surface area contributed by atoms with Crippen molar-refractivity contribution in [1.82, 2.24) is 0 Å². The van der Waals surface area contributed by atoms with Crippen LogP contribution < -0.4 is 4.74 Å². The number of carbonyl (C=O) groups is 2. The highest BCUT2D eigenvalue weighted by atomic mass is 79.9. The SMILES string of the molecule is CC1=NC2=C(C(=O)C[C@@H](c3ccccc3)C2)[C@H](c2cccc(Br)c2)C1C(=O)OCCOc1ccccc1. The van der Waals surface area contributed by atoms with E-state index in [4.69, 9.17) is 14.5 Å². The average Bonchev–Trinajstić information content (AvgIpc) is 2.91. The minimum atomic E-state index is -0.679. The molecule has 1 aliphatic carbocycles. The summed E-state index contributed by atoms with van der Waals surface area (Å²) in [5.41, 5.74) is 4.11. The second kappa shape index (κ2) is 11.3. The first-order chi connectivity index (χ1) is 18.0. The number of esters is 1. The van der Waals surface area contributed by atoms with Gasteiger partial charge in [0.25, 0.3) is 0 Å². The second-order valence-electron chi connectivity index (χ2n) is 9.39. The van der Waals surface area contributed by atoms with E-state index in [9.17, 15) is 9.59 Å². The molecule has 5 rings (SSSR count). The molecule has 0 aromatic heterocycles. The number of nitrogens with zero attached hydrogens (tertiary/aromatic N) is 1. The van der Waals surface area contributed by atoms with Crippen LogP contribution in [0.1, 0.15) is 42.7 Å². The van der Waals surface area contributed by atoms with Crippen molar-refractivity contribution in [3.63, 3.8) is 0 Å². The molecule has 0 N–H and O–H groups in total. The first-order valence-electron chi connectivity index (χ1n) is 12.5. The molecule has 188 valence electrons. The van der Waals surface area contributed by atoms with Crippen molar-refractivity contribution in [1.29, 1.82) is 0 Å². The molecule has 1 heterocycles. The van der Waals surface area contributed by atoms with Gasteiger partial charge in [-0.05, 0) is 54.7 Å². The first-order valence-corrected chi connectivity index (χ1v) is 13.3. The van der Waals surface area contributed by atoms with Crippen LogP contribution in [-0.4, -0.2) is 30.7 Å². The first kappa shape index (κ1) is 25.2. The number of rotatable bonds is 7. The average molecular weight is 558 g/mol. The smallest absolute Gasteiger partial charge is 0.315 e. The number of ether oxygens (including phenoxy) is 2. The molecule has 0 radical (unpaired) electrons. The van der Waals surface area contributed by atoms with E-state index in [1.54, 1.807) is 0 Å². The summed E-state index contributed by atoms with van der Waals surface area (Å²) in [5, 5.41) is 0. The lowest BCUT2D eigenvalue weighted by Crippen LogP contribution is -2.38. The van der Waals surface area contributed by atoms with E-state index >= 15 is 0 Å². The third-order valence-electron chi connectivity index (χ3n) is 6.96. The van der Waals surface area contributed by atoms with Crippen molar-refractivity contribution in [2.24, 2.45) is 10.9 Å². The Labute approximate surface area is 225 Å². The molecular weight excluding hydrogens is 530 g/mol. The Balaban J connectivity index is 1.41. The molecule has 1 unspecified atom stereocenters. The lowest BCUT2D eigenvalue weighted by molar-refractivity contribution is -0.147. The Morgan fingerprint density at radius 2 is 1.62 bits per heavy atom. The van der Waals surface area contributed by atoms with Gasteiger partial charge in [0, 0.05) is 33.8 Å². The van der Waals surface area contributed by atoms with Crippen LogP contribution in [0.15, 0.2) is 106 Å². The van der Waals surface area contributed by atoms with Gasteiger partial charge in [-0.1, -0.05) is 76.6 Å². The molecule has 3 aromatic carbocycles. The van der Waals surface area contributed by atoms with Gasteiger partial charge in [-0.15, -0.1) is 0 Å². The zero-order valence-corrected chi connectivity index (χ0v) is 22.2. The van der Waals surface area contributed by atoms with Gasteiger partial charge in [0.05, 0.1) is 0 Å². The van der Waals surface area contributed by atoms with Gasteiger partial charge in [-0.25, -0.2) is 0 Å². The van der Waals surface area contributed by atoms with Crippen molar-refractivity contribution in [2.45, 2.75) is 31.6 Å². The molecule has 0 spiro atoms. The van der Waals surface area contributed by atoms with Crippen molar-refractivity contribution in [2.75, 3.05) is 13.2 Å². The topological polar surface area (TPSA) is 65.0 Å². The lowest BCUT2D eigenvalue weighted by atomic mass is 9.69. The number of ketones is 1. The van der Waals surface area contributed by atoms with Crippen LogP contribution in [0, 0.1) is 5.92 Å². The summed E-state index contributed by atoms with van der Waals surface area (Å²) in [6.07, 6.45) is 1.06. The minimum absolute atomic E-state index is 0.0431. The van der Waals surface area contributed by atoms with Crippen LogP contribution in [0.2, 0.25) is 0 Å². The number of halogens is 1. The predicted molar refractivity (Wildman–Crippen MR) is 147 cm³/mol. The van der Waals surface area contributed by atoms with Gasteiger partial charge in [-0.2, -0.15) is 0 Å². The summed E-state index contributed by atoms with van der Waals surface area (Å²) in [6.45, 7) is 2.21. The maximum Gasteiger partial charge on any atom is 0.315 e. The Morgan fingerprint density at radius 1 is 0.919 bits per heavy atom. The van der Waals surface area contributed by atoms with Crippen LogP contribution in [-0.2, 0) is 14.3 Å². The van der Waals surface area contributed by atoms with Crippen LogP contribution in [0.3, 0.4) is 0 Å². The van der Waals surface area contributed by atoms with E-state index in [0.29, 0.717) is 24.1 Å². The van der Waals surface area contributed by atoms with E-state index in [1.165, 1.54) is 0 Å². The molecule has 6 heteroatoms. The molecule has 3 aromatic rings. The van der Waals surface area contributed by atoms with E-state index in [-0.39, 0.29) is 24.9 Å². The van der Waals surface area contributed by atoms with Crippen LogP contribution in [0.5, 0.6) is 5.75 Å². The number of benzene rings is 3. The molecule has 0 fully saturated rings. The number of hydrogen-bond acceptors (Lipinski definition) is 5. The summed E-state index contributed by atoms with van der Waals surface area (Å²) in [4.78, 5) is 32.0. The van der Waals surface area contributed by atoms with E-state index in [1.807, 2.05) is 79.7 Å². The minimum Gasteiger partial charge on any atom is -0.490 e. The van der Waals surface area contributed by atoms with Gasteiger partial charge in [0.1, 0.15) is 24.9 Å². The van der Waals surface area contributed by atoms with E-state index in [0.717, 1.165) is 27.0 Å². The lowest BCUT2D eigenvalue weighted by Gasteiger charge is -2.36. The normalized spacial score (nSPS) is 21.2. The van der Waals surface area contributed by atoms with Gasteiger partial charge in [0.15, 0.2) is 5.78 Å². The fourth-order valence-corrected chi connectivity index (χ4v) is 5.71. The van der Waals surface area contributed by atoms with Gasteiger partial charge >= 0.3 is 5.97 Å². The molecule has 2 aliphatic rings. The van der Waals surface area contributed by atoms with Gasteiger partial charge in [0.2, 0.25) is 0 Å². The fourth-order valence-electron chi connectivity index (χ4n) is 5.29. The van der Waals surface area contributed by atoms with Crippen molar-refractivity contribution in [3.8, 4) is 5.75 Å². The Morgan fingerprint density at radius 3 is 2.35 bits per heavy atom. The summed E-state index contributed by atoms with van der Waals surface area (Å²) < 4.78 is 12.2. The Hall–Kier alpha value is -3.51. The monoisotopic (exact) mass is 557 g/mol. The Bertz CT molecular complexity index is 1350. The highest BCUT2D eigenvalue weighted by Gasteiger charge is 2.44. The van der Waals surface area contributed by atoms with Crippen molar-refractivity contribution >= 4 is 33.4 Å². The molecule has 0 bridgehead atoms. The number of carbonyl (C=O) groups excluding carboxylic acids is 2. The van der Waals surface area contributed by atoms with Crippen LogP contribution in [0.25, 0.3) is 0 Å². The standard InChI is InChI=1S/C31H28BrNO4/c1-20-28(31(35)37-16-15-36-25-13-6-3-7-14-25)29(22-11-8-12-24(32)17-22)30-26(33-20)18-23(19-27(30)34)21-9-4-2-5-10-21/h2-14,17,23,28-29H,15-16,18-19H2,1H3/t23-,28?,29+/m0/s1. The van der Waals surface area contributed by atoms with E-state index < -0.39 is 17.8 Å². The third-order valence-corrected chi connectivity index (χ3v) is 7.45. The summed E-state index contributed by atoms with van der Waals surface area (Å²) >= 11 is 3.55. The second-order valence-corrected chi connectivity index (χ2v) is 10.3. The fraction of sp³-hybridized carbons (Fsp3) is 0.258. The van der Waals surface area contributed by atoms with Gasteiger partial charge < -0.3 is 9.47 Å². The van der Waals surface area contributed by atoms with Crippen LogP contribution in [0.4, 0.5) is 0 Å². The molecule has 0 saturated heterocycles. The summed E-state index contributed by atoms with van der Waals surface area (Å²) in [6, 6.07) is 27.3. The molecule has 5 nitrogen and oxygen atoms in total. The number of aliphatic imine (C=N–C) groups is 1. The highest BCUT2D eigenvalue weighted by molar-refractivity contribution is 9.10. The van der Waals surface area contributed by atoms with E-state index in [2.05, 4.69) is 28.1 Å². The Kier molecular flexibility index (Phi) is 7.65. The summed E-state index contributed by atoms with van der Waals surface area (Å²) in [7, 11) is 0. The largest absolute Gasteiger partial charge is 0.490 e. The molecular formula is C31H28BrNO4. The molecule has 0 amide bonds. The zero-order valence-electron chi connectivity index (χ0n) is 20.6. The number of para-hydroxylation sites is 1. The van der Waals surface area contributed by atoms with Crippen LogP contribution >= 0.6 is 15.9 Å². The quantitative estimate of drug-likeness (QED) is 0.241. The maximum atomic E-state index is 13.7. The number of Topliss-reactive ketones (excluding diaryl/α,β-unsaturated/α-hetero) is 1. The maximum absolute atomic E-state index is 13.7. The molecule has 37 heavy (non-hydrogen) atoms. The predicted octanol–water partition coefficient (Wildman–Crippen LogP) is 6.65. The number of hydrogen-bond donors (Lipinski definition) is 0. The van der Waals surface area contributed by atoms with Gasteiger partial charge in [-0.3, -0.25) is 14.6 Å². The zero-order chi connectivity index (χ0) is 25.8. The third kappa shape index (κ3) is 5.59. The number of allylic oxidation sites excluding steroid dienone is 2. The summed E-state index contributed by atoms with van der Waals surface area (Å²) in [5.74, 6) is -0.685. The highest BCUT2D eigenvalue weighted by Crippen LogP contribution is 2.47. The van der Waals surface area contributed by atoms with Crippen molar-refractivity contribution in [3.05, 3.63) is 112 Å².